The molecule has 0 aliphatic heterocycles. The van der Waals surface area contributed by atoms with Gasteiger partial charge < -0.3 is 4.74 Å². The number of nitrogens with zero attached hydrogens (tertiary/aromatic N) is 1. The van der Waals surface area contributed by atoms with Gasteiger partial charge in [0.1, 0.15) is 6.61 Å². The van der Waals surface area contributed by atoms with Crippen molar-refractivity contribution in [2.75, 3.05) is 12.9 Å². The van der Waals surface area contributed by atoms with Crippen LogP contribution in [0, 0.1) is 0 Å². The minimum Gasteiger partial charge on any atom is -0.444 e. The Morgan fingerprint density at radius 1 is 1.33 bits per heavy atom. The van der Waals surface area contributed by atoms with Crippen LogP contribution in [-0.4, -0.2) is 32.6 Å². The van der Waals surface area contributed by atoms with Crippen molar-refractivity contribution in [3.8, 4) is 0 Å². The van der Waals surface area contributed by atoms with Gasteiger partial charge in [0.05, 0.1) is 0 Å². The third-order valence-corrected chi connectivity index (χ3v) is 2.71. The Morgan fingerprint density at radius 3 is 2.07 bits per heavy atom. The van der Waals surface area contributed by atoms with Gasteiger partial charge in [-0.15, -0.1) is 0 Å². The van der Waals surface area contributed by atoms with Crippen LogP contribution in [0.25, 0.3) is 0 Å². The van der Waals surface area contributed by atoms with E-state index in [9.17, 15) is 4.79 Å². The minimum atomic E-state index is -1.57. The molecule has 0 atom stereocenters. The molecular formula is C8H14Cl3NO2S. The topological polar surface area (TPSA) is 29.5 Å². The molecule has 0 fully saturated rings. The molecule has 0 unspecified atom stereocenters. The predicted molar refractivity (Wildman–Crippen MR) is 66.7 cm³/mol. The fourth-order valence-corrected chi connectivity index (χ4v) is 1.74. The van der Waals surface area contributed by atoms with Gasteiger partial charge in [-0.05, 0) is 32.7 Å². The van der Waals surface area contributed by atoms with Crippen molar-refractivity contribution in [3.05, 3.63) is 0 Å². The molecule has 0 radical (unpaired) electrons. The first-order valence-electron chi connectivity index (χ1n) is 4.16. The molecule has 0 saturated carbocycles. The van der Waals surface area contributed by atoms with Crippen molar-refractivity contribution in [3.63, 3.8) is 0 Å². The number of carbonyl (C=O) groups is 1. The van der Waals surface area contributed by atoms with Crippen LogP contribution >= 0.6 is 46.8 Å². The number of halogens is 3. The summed E-state index contributed by atoms with van der Waals surface area (Å²) < 4.78 is 4.76. The second-order valence-corrected chi connectivity index (χ2v) is 7.06. The molecule has 0 aliphatic carbocycles. The molecule has 0 N–H and O–H groups in total. The lowest BCUT2D eigenvalue weighted by Crippen LogP contribution is -2.41. The molecule has 0 aromatic carbocycles. The molecule has 0 aromatic rings. The molecule has 3 nitrogen and oxygen atoms in total. The highest BCUT2D eigenvalue weighted by molar-refractivity contribution is 7.96. The standard InChI is InChI=1S/C8H14Cl3NO2S/c1-7(2,3)12(15-4)6(13)14-5-8(9,10)11/h5H2,1-4H3. The Labute approximate surface area is 109 Å². The van der Waals surface area contributed by atoms with Gasteiger partial charge in [-0.2, -0.15) is 0 Å². The van der Waals surface area contributed by atoms with E-state index in [-0.39, 0.29) is 12.1 Å². The Morgan fingerprint density at radius 2 is 1.80 bits per heavy atom. The van der Waals surface area contributed by atoms with Gasteiger partial charge in [0, 0.05) is 11.8 Å². The van der Waals surface area contributed by atoms with Crippen molar-refractivity contribution in [2.45, 2.75) is 30.1 Å². The Bertz CT molecular complexity index is 225. The predicted octanol–water partition coefficient (Wildman–Crippen LogP) is 3.87. The van der Waals surface area contributed by atoms with Crippen LogP contribution < -0.4 is 0 Å². The number of hydrogen-bond donors (Lipinski definition) is 0. The van der Waals surface area contributed by atoms with Gasteiger partial charge in [-0.1, -0.05) is 34.8 Å². The zero-order valence-corrected chi connectivity index (χ0v) is 12.1. The van der Waals surface area contributed by atoms with Crippen LogP contribution in [0.5, 0.6) is 0 Å². The number of carbonyl (C=O) groups excluding carboxylic acids is 1. The summed E-state index contributed by atoms with van der Waals surface area (Å²) in [7, 11) is 0. The van der Waals surface area contributed by atoms with E-state index < -0.39 is 9.89 Å². The molecule has 0 aliphatic rings. The van der Waals surface area contributed by atoms with Gasteiger partial charge in [0.25, 0.3) is 0 Å². The average molecular weight is 295 g/mol. The second-order valence-electron chi connectivity index (χ2n) is 3.82. The maximum atomic E-state index is 11.6. The van der Waals surface area contributed by atoms with E-state index in [2.05, 4.69) is 0 Å². The van der Waals surface area contributed by atoms with Crippen LogP contribution in [0.3, 0.4) is 0 Å². The van der Waals surface area contributed by atoms with Crippen LogP contribution in [0.1, 0.15) is 20.8 Å². The Kier molecular flexibility index (Phi) is 5.90. The third kappa shape index (κ3) is 6.61. The van der Waals surface area contributed by atoms with Crippen molar-refractivity contribution in [1.82, 2.24) is 4.31 Å². The lowest BCUT2D eigenvalue weighted by molar-refractivity contribution is 0.111. The molecule has 0 spiro atoms. The summed E-state index contributed by atoms with van der Waals surface area (Å²) in [6.45, 7) is 5.41. The van der Waals surface area contributed by atoms with Crippen molar-refractivity contribution in [2.24, 2.45) is 0 Å². The summed E-state index contributed by atoms with van der Waals surface area (Å²) in [6.07, 6.45) is 1.27. The fraction of sp³-hybridized carbons (Fsp3) is 0.875. The molecular weight excluding hydrogens is 281 g/mol. The van der Waals surface area contributed by atoms with Crippen LogP contribution in [-0.2, 0) is 4.74 Å². The first kappa shape index (κ1) is 15.5. The van der Waals surface area contributed by atoms with Crippen molar-refractivity contribution in [1.29, 1.82) is 0 Å². The normalized spacial score (nSPS) is 12.5. The summed E-state index contributed by atoms with van der Waals surface area (Å²) in [5.74, 6) is 0. The quantitative estimate of drug-likeness (QED) is 0.572. The van der Waals surface area contributed by atoms with Crippen LogP contribution in [0.15, 0.2) is 0 Å². The van der Waals surface area contributed by atoms with E-state index in [0.29, 0.717) is 0 Å². The largest absolute Gasteiger partial charge is 0.444 e. The van der Waals surface area contributed by atoms with Gasteiger partial charge in [0.2, 0.25) is 3.79 Å². The van der Waals surface area contributed by atoms with Gasteiger partial charge in [0.15, 0.2) is 0 Å². The molecule has 15 heavy (non-hydrogen) atoms. The zero-order valence-electron chi connectivity index (χ0n) is 9.01. The molecule has 0 aromatic heterocycles. The summed E-state index contributed by atoms with van der Waals surface area (Å²) in [5, 5.41) is 0. The van der Waals surface area contributed by atoms with Crippen LogP contribution in [0.4, 0.5) is 4.79 Å². The highest BCUT2D eigenvalue weighted by Crippen LogP contribution is 2.28. The first-order valence-corrected chi connectivity index (χ1v) is 6.47. The minimum absolute atomic E-state index is 0.260. The highest BCUT2D eigenvalue weighted by atomic mass is 35.6. The maximum absolute atomic E-state index is 11.6. The number of ether oxygens (including phenoxy) is 1. The summed E-state index contributed by atoms with van der Waals surface area (Å²) in [5.41, 5.74) is -0.343. The van der Waals surface area contributed by atoms with E-state index in [1.165, 1.54) is 16.3 Å². The molecule has 1 amide bonds. The number of alkyl halides is 3. The van der Waals surface area contributed by atoms with Gasteiger partial charge >= 0.3 is 6.09 Å². The lowest BCUT2D eigenvalue weighted by atomic mass is 10.1. The zero-order chi connectivity index (χ0) is 12.3. The summed E-state index contributed by atoms with van der Waals surface area (Å²) in [4.78, 5) is 11.6. The van der Waals surface area contributed by atoms with E-state index >= 15 is 0 Å². The van der Waals surface area contributed by atoms with Gasteiger partial charge in [-0.3, -0.25) is 0 Å². The van der Waals surface area contributed by atoms with E-state index in [1.54, 1.807) is 6.26 Å². The van der Waals surface area contributed by atoms with Gasteiger partial charge in [-0.25, -0.2) is 9.10 Å². The molecule has 90 valence electrons. The van der Waals surface area contributed by atoms with Crippen molar-refractivity contribution >= 4 is 52.8 Å². The maximum Gasteiger partial charge on any atom is 0.420 e. The molecule has 0 saturated heterocycles. The monoisotopic (exact) mass is 293 g/mol. The van der Waals surface area contributed by atoms with E-state index in [1.807, 2.05) is 20.8 Å². The second kappa shape index (κ2) is 5.71. The third-order valence-electron chi connectivity index (χ3n) is 1.32. The Hall–Kier alpha value is 0.490. The van der Waals surface area contributed by atoms with Crippen LogP contribution in [0.2, 0.25) is 0 Å². The molecule has 0 bridgehead atoms. The highest BCUT2D eigenvalue weighted by Gasteiger charge is 2.30. The number of amides is 1. The average Bonchev–Trinajstić information content (AvgIpc) is 1.98. The number of rotatable bonds is 2. The lowest BCUT2D eigenvalue weighted by Gasteiger charge is -2.32. The smallest absolute Gasteiger partial charge is 0.420 e. The summed E-state index contributed by atoms with van der Waals surface area (Å²) >= 11 is 17.7. The summed E-state index contributed by atoms with van der Waals surface area (Å²) in [6, 6.07) is 0. The SMILES string of the molecule is CSN(C(=O)OCC(Cl)(Cl)Cl)C(C)(C)C. The fourth-order valence-electron chi connectivity index (χ4n) is 0.824. The Balaban J connectivity index is 4.31. The first-order chi connectivity index (χ1) is 6.58. The van der Waals surface area contributed by atoms with Crippen molar-refractivity contribution < 1.29 is 9.53 Å². The molecule has 7 heteroatoms. The van der Waals surface area contributed by atoms with E-state index in [0.717, 1.165) is 0 Å². The molecule has 0 rings (SSSR count). The number of hydrogen-bond acceptors (Lipinski definition) is 3. The van der Waals surface area contributed by atoms with E-state index in [4.69, 9.17) is 39.5 Å². The molecule has 0 heterocycles.